The minimum atomic E-state index is -0.0135. The maximum atomic E-state index is 11.8. The van der Waals surface area contributed by atoms with Gasteiger partial charge >= 0.3 is 0 Å². The third kappa shape index (κ3) is 4.06. The van der Waals surface area contributed by atoms with Crippen LogP contribution in [-0.2, 0) is 0 Å². The van der Waals surface area contributed by atoms with Crippen molar-refractivity contribution in [2.24, 2.45) is 5.92 Å². The highest BCUT2D eigenvalue weighted by Crippen LogP contribution is 2.26. The molecule has 134 valence electrons. The number of aromatic nitrogens is 1. The number of nitrogens with one attached hydrogen (secondary N) is 2. The first-order chi connectivity index (χ1) is 12.3. The highest BCUT2D eigenvalue weighted by atomic mass is 16.1. The molecule has 1 atom stereocenters. The van der Waals surface area contributed by atoms with Crippen molar-refractivity contribution in [1.82, 2.24) is 9.88 Å². The van der Waals surface area contributed by atoms with Gasteiger partial charge in [0.15, 0.2) is 0 Å². The first-order valence-corrected chi connectivity index (χ1v) is 9.88. The van der Waals surface area contributed by atoms with Crippen LogP contribution < -0.4 is 10.9 Å². The SMILES string of the molecule is O=c1[nH]ccc2cc(N[C@@H]3CCCN(CC4CCCCC4)C3)ccc12. The molecule has 2 fully saturated rings. The number of likely N-dealkylation sites (tertiary alicyclic amines) is 1. The second kappa shape index (κ2) is 7.61. The zero-order chi connectivity index (χ0) is 17.1. The predicted molar refractivity (Wildman–Crippen MR) is 104 cm³/mol. The average molecular weight is 339 g/mol. The number of fused-ring (bicyclic) bond motifs is 1. The Morgan fingerprint density at radius 1 is 1.08 bits per heavy atom. The minimum absolute atomic E-state index is 0.0135. The van der Waals surface area contributed by atoms with Gasteiger partial charge in [-0.2, -0.15) is 0 Å². The molecule has 1 aromatic heterocycles. The van der Waals surface area contributed by atoms with Crippen LogP contribution in [0.5, 0.6) is 0 Å². The van der Waals surface area contributed by atoms with Crippen LogP contribution in [0.4, 0.5) is 5.69 Å². The predicted octanol–water partition coefficient (Wildman–Crippen LogP) is 3.98. The maximum Gasteiger partial charge on any atom is 0.255 e. The van der Waals surface area contributed by atoms with Gasteiger partial charge in [0.2, 0.25) is 0 Å². The fourth-order valence-corrected chi connectivity index (χ4v) is 4.59. The summed E-state index contributed by atoms with van der Waals surface area (Å²) in [5, 5.41) is 5.47. The van der Waals surface area contributed by atoms with E-state index in [0.29, 0.717) is 6.04 Å². The van der Waals surface area contributed by atoms with Gasteiger partial charge in [-0.1, -0.05) is 19.3 Å². The number of H-pyrrole nitrogens is 1. The van der Waals surface area contributed by atoms with Crippen LogP contribution in [0, 0.1) is 5.92 Å². The molecule has 0 bridgehead atoms. The van der Waals surface area contributed by atoms with Crippen LogP contribution in [0.2, 0.25) is 0 Å². The molecule has 1 saturated heterocycles. The number of nitrogens with zero attached hydrogens (tertiary/aromatic N) is 1. The third-order valence-corrected chi connectivity index (χ3v) is 5.89. The van der Waals surface area contributed by atoms with E-state index < -0.39 is 0 Å². The molecule has 2 heterocycles. The number of pyridine rings is 1. The van der Waals surface area contributed by atoms with Gasteiger partial charge in [0.25, 0.3) is 5.56 Å². The van der Waals surface area contributed by atoms with Crippen LogP contribution in [0.1, 0.15) is 44.9 Å². The number of piperidine rings is 1. The Hall–Kier alpha value is -1.81. The van der Waals surface area contributed by atoms with Gasteiger partial charge < -0.3 is 15.2 Å². The summed E-state index contributed by atoms with van der Waals surface area (Å²) in [6, 6.07) is 8.55. The normalized spacial score (nSPS) is 23.0. The molecule has 2 aromatic rings. The molecule has 1 aliphatic carbocycles. The van der Waals surface area contributed by atoms with Crippen molar-refractivity contribution in [2.45, 2.75) is 51.0 Å². The number of aromatic amines is 1. The molecule has 1 aliphatic heterocycles. The monoisotopic (exact) mass is 339 g/mol. The number of hydrogen-bond donors (Lipinski definition) is 2. The van der Waals surface area contributed by atoms with E-state index in [2.05, 4.69) is 21.3 Å². The first-order valence-electron chi connectivity index (χ1n) is 9.88. The van der Waals surface area contributed by atoms with E-state index in [-0.39, 0.29) is 5.56 Å². The Labute approximate surface area is 149 Å². The molecule has 25 heavy (non-hydrogen) atoms. The standard InChI is InChI=1S/C21H29N3O/c25-21-20-9-8-18(13-17(20)10-11-22-21)23-19-7-4-12-24(15-19)14-16-5-2-1-3-6-16/h8-11,13,16,19,23H,1-7,12,14-15H2,(H,22,25)/t19-/m1/s1. The minimum Gasteiger partial charge on any atom is -0.381 e. The van der Waals surface area contributed by atoms with Crippen LogP contribution in [-0.4, -0.2) is 35.6 Å². The van der Waals surface area contributed by atoms with Gasteiger partial charge in [0, 0.05) is 36.4 Å². The van der Waals surface area contributed by atoms with Crippen LogP contribution in [0.3, 0.4) is 0 Å². The van der Waals surface area contributed by atoms with Crippen molar-refractivity contribution in [1.29, 1.82) is 0 Å². The van der Waals surface area contributed by atoms with Gasteiger partial charge in [0.1, 0.15) is 0 Å². The van der Waals surface area contributed by atoms with Crippen LogP contribution >= 0.6 is 0 Å². The smallest absolute Gasteiger partial charge is 0.255 e. The molecule has 0 unspecified atom stereocenters. The summed E-state index contributed by atoms with van der Waals surface area (Å²) in [6.07, 6.45) is 11.4. The highest BCUT2D eigenvalue weighted by Gasteiger charge is 2.23. The number of hydrogen-bond acceptors (Lipinski definition) is 3. The Bertz CT molecular complexity index is 763. The van der Waals surface area contributed by atoms with Crippen molar-refractivity contribution in [3.8, 4) is 0 Å². The van der Waals surface area contributed by atoms with E-state index in [0.717, 1.165) is 28.9 Å². The van der Waals surface area contributed by atoms with E-state index in [1.807, 2.05) is 18.2 Å². The van der Waals surface area contributed by atoms with Crippen molar-refractivity contribution in [3.63, 3.8) is 0 Å². The lowest BCUT2D eigenvalue weighted by atomic mass is 9.88. The van der Waals surface area contributed by atoms with Gasteiger partial charge in [-0.3, -0.25) is 4.79 Å². The van der Waals surface area contributed by atoms with Gasteiger partial charge in [-0.25, -0.2) is 0 Å². The molecule has 0 radical (unpaired) electrons. The molecule has 0 amide bonds. The zero-order valence-electron chi connectivity index (χ0n) is 15.0. The summed E-state index contributed by atoms with van der Waals surface area (Å²) in [5.41, 5.74) is 1.11. The van der Waals surface area contributed by atoms with E-state index in [4.69, 9.17) is 0 Å². The molecular formula is C21H29N3O. The van der Waals surface area contributed by atoms with Crippen molar-refractivity contribution in [2.75, 3.05) is 25.0 Å². The quantitative estimate of drug-likeness (QED) is 0.885. The second-order valence-electron chi connectivity index (χ2n) is 7.86. The summed E-state index contributed by atoms with van der Waals surface area (Å²) in [4.78, 5) is 17.2. The summed E-state index contributed by atoms with van der Waals surface area (Å²) in [7, 11) is 0. The lowest BCUT2D eigenvalue weighted by Crippen LogP contribution is -2.44. The second-order valence-corrected chi connectivity index (χ2v) is 7.86. The third-order valence-electron chi connectivity index (χ3n) is 5.89. The lowest BCUT2D eigenvalue weighted by molar-refractivity contribution is 0.166. The molecule has 1 saturated carbocycles. The highest BCUT2D eigenvalue weighted by molar-refractivity contribution is 5.84. The van der Waals surface area contributed by atoms with E-state index in [1.54, 1.807) is 6.20 Å². The van der Waals surface area contributed by atoms with Gasteiger partial charge in [-0.15, -0.1) is 0 Å². The zero-order valence-corrected chi connectivity index (χ0v) is 15.0. The summed E-state index contributed by atoms with van der Waals surface area (Å²) in [5.74, 6) is 0.917. The number of rotatable bonds is 4. The van der Waals surface area contributed by atoms with Crippen LogP contribution in [0.15, 0.2) is 35.3 Å². The van der Waals surface area contributed by atoms with E-state index in [9.17, 15) is 4.79 Å². The molecule has 4 nitrogen and oxygen atoms in total. The Morgan fingerprint density at radius 3 is 2.84 bits per heavy atom. The Kier molecular flexibility index (Phi) is 5.07. The molecule has 4 heteroatoms. The maximum absolute atomic E-state index is 11.8. The molecule has 1 aromatic carbocycles. The largest absolute Gasteiger partial charge is 0.381 e. The van der Waals surface area contributed by atoms with Crippen molar-refractivity contribution < 1.29 is 0 Å². The summed E-state index contributed by atoms with van der Waals surface area (Å²) >= 11 is 0. The fourth-order valence-electron chi connectivity index (χ4n) is 4.59. The van der Waals surface area contributed by atoms with Gasteiger partial charge in [-0.05, 0) is 67.8 Å². The van der Waals surface area contributed by atoms with Crippen LogP contribution in [0.25, 0.3) is 10.8 Å². The average Bonchev–Trinajstić information content (AvgIpc) is 2.63. The Morgan fingerprint density at radius 2 is 1.96 bits per heavy atom. The molecular weight excluding hydrogens is 310 g/mol. The summed E-state index contributed by atoms with van der Waals surface area (Å²) < 4.78 is 0. The molecule has 4 rings (SSSR count). The fraction of sp³-hybridized carbons (Fsp3) is 0.571. The molecule has 2 N–H and O–H groups in total. The van der Waals surface area contributed by atoms with Gasteiger partial charge in [0.05, 0.1) is 0 Å². The number of anilines is 1. The Balaban J connectivity index is 1.39. The first kappa shape index (κ1) is 16.6. The molecule has 0 spiro atoms. The van der Waals surface area contributed by atoms with E-state index in [1.165, 1.54) is 58.0 Å². The van der Waals surface area contributed by atoms with Crippen molar-refractivity contribution in [3.05, 3.63) is 40.8 Å². The topological polar surface area (TPSA) is 48.1 Å². The molecule has 2 aliphatic rings. The lowest BCUT2D eigenvalue weighted by Gasteiger charge is -2.36. The number of benzene rings is 1. The summed E-state index contributed by atoms with van der Waals surface area (Å²) in [6.45, 7) is 3.68. The van der Waals surface area contributed by atoms with Crippen molar-refractivity contribution >= 4 is 16.5 Å². The van der Waals surface area contributed by atoms with E-state index >= 15 is 0 Å².